The second-order valence-electron chi connectivity index (χ2n) is 4.39. The molecule has 0 unspecified atom stereocenters. The molecule has 0 aliphatic rings. The molecule has 0 radical (unpaired) electrons. The summed E-state index contributed by atoms with van der Waals surface area (Å²) in [5.74, 6) is -1.63. The van der Waals surface area contributed by atoms with Gasteiger partial charge in [0.2, 0.25) is 5.56 Å². The van der Waals surface area contributed by atoms with Crippen LogP contribution in [-0.4, -0.2) is 29.0 Å². The van der Waals surface area contributed by atoms with Crippen molar-refractivity contribution in [3.63, 3.8) is 0 Å². The summed E-state index contributed by atoms with van der Waals surface area (Å²) in [6.07, 6.45) is 1.28. The lowest BCUT2D eigenvalue weighted by atomic mass is 10.1. The van der Waals surface area contributed by atoms with Crippen molar-refractivity contribution >= 4 is 23.3 Å². The number of anilines is 2. The zero-order valence-corrected chi connectivity index (χ0v) is 11.2. The molecule has 4 N–H and O–H groups in total. The maximum absolute atomic E-state index is 12.3. The van der Waals surface area contributed by atoms with Gasteiger partial charge in [-0.1, -0.05) is 0 Å². The lowest BCUT2D eigenvalue weighted by Crippen LogP contribution is -2.28. The number of benzene rings is 1. The molecule has 7 heteroatoms. The number of pyridine rings is 1. The highest BCUT2D eigenvalue weighted by atomic mass is 16.4. The number of carboxylic acids is 1. The van der Waals surface area contributed by atoms with Crippen molar-refractivity contribution in [3.8, 4) is 0 Å². The van der Waals surface area contributed by atoms with Gasteiger partial charge in [-0.3, -0.25) is 9.59 Å². The number of carboxylic acid groups (broad SMARTS) is 1. The number of hydrogen-bond donors (Lipinski definition) is 3. The van der Waals surface area contributed by atoms with Crippen molar-refractivity contribution in [1.29, 1.82) is 0 Å². The third-order valence-electron chi connectivity index (χ3n) is 2.95. The first-order valence-electron chi connectivity index (χ1n) is 6.00. The molecule has 0 saturated heterocycles. The zero-order valence-electron chi connectivity index (χ0n) is 11.2. The van der Waals surface area contributed by atoms with E-state index < -0.39 is 11.9 Å². The first-order valence-corrected chi connectivity index (χ1v) is 6.00. The van der Waals surface area contributed by atoms with Crippen molar-refractivity contribution in [2.75, 3.05) is 17.7 Å². The monoisotopic (exact) mass is 287 g/mol. The summed E-state index contributed by atoms with van der Waals surface area (Å²) in [5, 5.41) is 9.19. The molecule has 0 bridgehead atoms. The molecule has 1 heterocycles. The predicted molar refractivity (Wildman–Crippen MR) is 77.6 cm³/mol. The number of carbonyl (C=O) groups excluding carboxylic acids is 1. The molecule has 0 atom stereocenters. The normalized spacial score (nSPS) is 10.1. The van der Waals surface area contributed by atoms with E-state index in [1.807, 2.05) is 0 Å². The topological polar surface area (TPSA) is 116 Å². The van der Waals surface area contributed by atoms with Crippen molar-refractivity contribution < 1.29 is 14.7 Å². The van der Waals surface area contributed by atoms with E-state index in [2.05, 4.69) is 4.98 Å². The van der Waals surface area contributed by atoms with Crippen LogP contribution in [0.15, 0.2) is 41.3 Å². The van der Waals surface area contributed by atoms with E-state index in [9.17, 15) is 19.5 Å². The van der Waals surface area contributed by atoms with E-state index in [1.54, 1.807) is 0 Å². The number of nitrogens with one attached hydrogen (secondary N) is 1. The number of carbonyl (C=O) groups is 2. The Bertz CT molecular complexity index is 747. The number of hydrogen-bond acceptors (Lipinski definition) is 4. The van der Waals surface area contributed by atoms with Gasteiger partial charge in [0.1, 0.15) is 0 Å². The molecule has 1 aromatic heterocycles. The second kappa shape index (κ2) is 5.49. The Morgan fingerprint density at radius 2 is 1.95 bits per heavy atom. The fourth-order valence-corrected chi connectivity index (χ4v) is 1.86. The van der Waals surface area contributed by atoms with Crippen molar-refractivity contribution in [1.82, 2.24) is 4.98 Å². The molecule has 21 heavy (non-hydrogen) atoms. The Morgan fingerprint density at radius 3 is 2.52 bits per heavy atom. The molecule has 0 saturated carbocycles. The Hall–Kier alpha value is -3.09. The number of nitrogens with two attached hydrogens (primary N) is 1. The molecule has 1 amide bonds. The second-order valence-corrected chi connectivity index (χ2v) is 4.39. The maximum atomic E-state index is 12.3. The van der Waals surface area contributed by atoms with E-state index in [-0.39, 0.29) is 22.4 Å². The molecule has 2 aromatic rings. The molecule has 0 aliphatic heterocycles. The summed E-state index contributed by atoms with van der Waals surface area (Å²) in [6, 6.07) is 6.85. The summed E-state index contributed by atoms with van der Waals surface area (Å²) in [7, 11) is 1.45. The maximum Gasteiger partial charge on any atom is 0.337 e. The largest absolute Gasteiger partial charge is 0.478 e. The Morgan fingerprint density at radius 1 is 1.24 bits per heavy atom. The van der Waals surface area contributed by atoms with Crippen LogP contribution in [0.1, 0.15) is 20.7 Å². The molecule has 108 valence electrons. The first kappa shape index (κ1) is 14.3. The molecule has 2 rings (SSSR count). The number of nitrogen functional groups attached to an aromatic ring is 1. The molecule has 0 spiro atoms. The molecular weight excluding hydrogens is 274 g/mol. The Labute approximate surface area is 119 Å². The minimum Gasteiger partial charge on any atom is -0.478 e. The number of aromatic carboxylic acids is 1. The van der Waals surface area contributed by atoms with E-state index >= 15 is 0 Å². The van der Waals surface area contributed by atoms with Gasteiger partial charge in [0.15, 0.2) is 0 Å². The smallest absolute Gasteiger partial charge is 0.337 e. The summed E-state index contributed by atoms with van der Waals surface area (Å²) >= 11 is 0. The van der Waals surface area contributed by atoms with Gasteiger partial charge >= 0.3 is 5.97 Å². The highest BCUT2D eigenvalue weighted by Crippen LogP contribution is 2.23. The number of H-pyrrole nitrogens is 1. The fourth-order valence-electron chi connectivity index (χ4n) is 1.86. The third-order valence-corrected chi connectivity index (χ3v) is 2.95. The minimum absolute atomic E-state index is 0.0738. The van der Waals surface area contributed by atoms with Gasteiger partial charge in [0.05, 0.1) is 16.8 Å². The SMILES string of the molecule is CN(C(=O)c1ccc(=O)[nH]c1)c1ccc(N)cc1C(=O)O. The number of aromatic amines is 1. The summed E-state index contributed by atoms with van der Waals surface area (Å²) < 4.78 is 0. The van der Waals surface area contributed by atoms with Crippen LogP contribution in [0.4, 0.5) is 11.4 Å². The molecule has 7 nitrogen and oxygen atoms in total. The summed E-state index contributed by atoms with van der Waals surface area (Å²) in [6.45, 7) is 0. The highest BCUT2D eigenvalue weighted by Gasteiger charge is 2.19. The highest BCUT2D eigenvalue weighted by molar-refractivity contribution is 6.09. The molecule has 0 fully saturated rings. The predicted octanol–water partition coefficient (Wildman–Crippen LogP) is 0.932. The van der Waals surface area contributed by atoms with Crippen molar-refractivity contribution in [2.45, 2.75) is 0 Å². The van der Waals surface area contributed by atoms with Crippen LogP contribution in [0.5, 0.6) is 0 Å². The summed E-state index contributed by atoms with van der Waals surface area (Å²) in [5.41, 5.74) is 5.91. The fraction of sp³-hybridized carbons (Fsp3) is 0.0714. The lowest BCUT2D eigenvalue weighted by molar-refractivity contribution is 0.0698. The van der Waals surface area contributed by atoms with Gasteiger partial charge in [-0.05, 0) is 24.3 Å². The van der Waals surface area contributed by atoms with Crippen LogP contribution in [0, 0.1) is 0 Å². The van der Waals surface area contributed by atoms with Gasteiger partial charge in [-0.25, -0.2) is 4.79 Å². The van der Waals surface area contributed by atoms with Crippen LogP contribution in [0.25, 0.3) is 0 Å². The van der Waals surface area contributed by atoms with Crippen LogP contribution in [0.3, 0.4) is 0 Å². The molecule has 1 aromatic carbocycles. The zero-order chi connectivity index (χ0) is 15.6. The van der Waals surface area contributed by atoms with Gasteiger partial charge in [-0.15, -0.1) is 0 Å². The van der Waals surface area contributed by atoms with Crippen molar-refractivity contribution in [2.24, 2.45) is 0 Å². The van der Waals surface area contributed by atoms with Crippen LogP contribution < -0.4 is 16.2 Å². The number of aromatic nitrogens is 1. The third kappa shape index (κ3) is 2.92. The van der Waals surface area contributed by atoms with Crippen molar-refractivity contribution in [3.05, 3.63) is 58.0 Å². The molecular formula is C14H13N3O4. The van der Waals surface area contributed by atoms with E-state index in [0.717, 1.165) is 0 Å². The number of amides is 1. The summed E-state index contributed by atoms with van der Waals surface area (Å²) in [4.78, 5) is 38.1. The Kier molecular flexibility index (Phi) is 3.75. The standard InChI is InChI=1S/C14H13N3O4/c1-17(13(19)8-2-5-12(18)16-7-8)11-4-3-9(15)6-10(11)14(20)21/h2-7H,15H2,1H3,(H,16,18)(H,20,21). The van der Waals surface area contributed by atoms with Gasteiger partial charge in [-0.2, -0.15) is 0 Å². The molecule has 0 aliphatic carbocycles. The van der Waals surface area contributed by atoms with Gasteiger partial charge in [0, 0.05) is 25.0 Å². The van der Waals surface area contributed by atoms with Crippen LogP contribution in [-0.2, 0) is 0 Å². The quantitative estimate of drug-likeness (QED) is 0.726. The van der Waals surface area contributed by atoms with Gasteiger partial charge < -0.3 is 20.7 Å². The van der Waals surface area contributed by atoms with Crippen LogP contribution >= 0.6 is 0 Å². The average molecular weight is 287 g/mol. The average Bonchev–Trinajstić information content (AvgIpc) is 2.46. The Balaban J connectivity index is 2.42. The minimum atomic E-state index is -1.18. The van der Waals surface area contributed by atoms with E-state index in [4.69, 9.17) is 5.73 Å². The number of nitrogens with zero attached hydrogens (tertiary/aromatic N) is 1. The first-order chi connectivity index (χ1) is 9.90. The van der Waals surface area contributed by atoms with Gasteiger partial charge in [0.25, 0.3) is 5.91 Å². The van der Waals surface area contributed by atoms with Crippen LogP contribution in [0.2, 0.25) is 0 Å². The van der Waals surface area contributed by atoms with E-state index in [0.29, 0.717) is 5.69 Å². The van der Waals surface area contributed by atoms with E-state index in [1.165, 1.54) is 48.5 Å². The lowest BCUT2D eigenvalue weighted by Gasteiger charge is -2.19. The number of rotatable bonds is 3.